The number of hydrogen-bond acceptors (Lipinski definition) is 8. The van der Waals surface area contributed by atoms with E-state index >= 15 is 0 Å². The first kappa shape index (κ1) is 20.0. The molecule has 0 unspecified atom stereocenters. The summed E-state index contributed by atoms with van der Waals surface area (Å²) in [5.41, 5.74) is 12.9. The van der Waals surface area contributed by atoms with E-state index in [0.29, 0.717) is 54.3 Å². The molecule has 5 N–H and O–H groups in total. The molecular formula is C20H25N7O3. The summed E-state index contributed by atoms with van der Waals surface area (Å²) in [5.74, 6) is 0.801. The zero-order valence-corrected chi connectivity index (χ0v) is 16.7. The third-order valence-electron chi connectivity index (χ3n) is 5.60. The quantitative estimate of drug-likeness (QED) is 0.534. The molecule has 30 heavy (non-hydrogen) atoms. The molecule has 2 aromatic heterocycles. The molecule has 0 radical (unpaired) electrons. The number of ether oxygens (including phenoxy) is 1. The van der Waals surface area contributed by atoms with Crippen molar-refractivity contribution in [3.8, 4) is 5.75 Å². The van der Waals surface area contributed by atoms with E-state index in [2.05, 4.69) is 15.0 Å². The Kier molecular flexibility index (Phi) is 5.51. The first-order valence-electron chi connectivity index (χ1n) is 9.82. The number of anilines is 1. The molecule has 0 saturated heterocycles. The van der Waals surface area contributed by atoms with E-state index in [1.807, 2.05) is 4.57 Å². The normalized spacial score (nSPS) is 21.1. The number of rotatable bonds is 6. The Morgan fingerprint density at radius 2 is 2.03 bits per heavy atom. The number of likely N-dealkylation sites (N-methyl/N-ethyl adjacent to an activating group) is 1. The number of nitrogen functional groups attached to an aromatic ring is 1. The summed E-state index contributed by atoms with van der Waals surface area (Å²) in [4.78, 5) is 27.0. The molecule has 1 saturated carbocycles. The number of imidazole rings is 1. The summed E-state index contributed by atoms with van der Waals surface area (Å²) in [7, 11) is 1.71. The monoisotopic (exact) mass is 411 g/mol. The number of hydrogen-bond donors (Lipinski definition) is 3. The molecule has 1 fully saturated rings. The predicted octanol–water partition coefficient (Wildman–Crippen LogP) is 0.583. The lowest BCUT2D eigenvalue weighted by Gasteiger charge is -2.29. The van der Waals surface area contributed by atoms with Gasteiger partial charge in [-0.2, -0.15) is 0 Å². The number of carbonyl (C=O) groups is 1. The van der Waals surface area contributed by atoms with Gasteiger partial charge in [-0.25, -0.2) is 15.0 Å². The van der Waals surface area contributed by atoms with Gasteiger partial charge in [-0.3, -0.25) is 4.79 Å². The lowest BCUT2D eigenvalue weighted by Crippen LogP contribution is -2.43. The van der Waals surface area contributed by atoms with Crippen LogP contribution in [-0.2, 0) is 0 Å². The Balaban J connectivity index is 1.49. The smallest absolute Gasteiger partial charge is 0.253 e. The van der Waals surface area contributed by atoms with Crippen molar-refractivity contribution in [2.75, 3.05) is 25.9 Å². The van der Waals surface area contributed by atoms with Crippen molar-refractivity contribution in [3.63, 3.8) is 0 Å². The zero-order valence-electron chi connectivity index (χ0n) is 16.7. The average Bonchev–Trinajstić information content (AvgIpc) is 3.35. The van der Waals surface area contributed by atoms with Crippen LogP contribution in [0.25, 0.3) is 11.2 Å². The van der Waals surface area contributed by atoms with Crippen molar-refractivity contribution in [2.24, 2.45) is 5.73 Å². The van der Waals surface area contributed by atoms with Gasteiger partial charge in [0.2, 0.25) is 0 Å². The molecule has 0 bridgehead atoms. The highest BCUT2D eigenvalue weighted by Gasteiger charge is 2.40. The number of aliphatic hydroxyl groups is 1. The van der Waals surface area contributed by atoms with Gasteiger partial charge in [0, 0.05) is 19.2 Å². The third-order valence-corrected chi connectivity index (χ3v) is 5.60. The van der Waals surface area contributed by atoms with Crippen LogP contribution in [0.5, 0.6) is 5.75 Å². The average molecular weight is 411 g/mol. The van der Waals surface area contributed by atoms with Crippen molar-refractivity contribution < 1.29 is 14.6 Å². The Hall–Kier alpha value is -3.24. The highest BCUT2D eigenvalue weighted by atomic mass is 16.5. The lowest BCUT2D eigenvalue weighted by molar-refractivity contribution is 0.0447. The van der Waals surface area contributed by atoms with Crippen LogP contribution in [0.15, 0.2) is 36.9 Å². The molecule has 1 aliphatic carbocycles. The van der Waals surface area contributed by atoms with Crippen LogP contribution in [0.1, 0.15) is 29.2 Å². The second-order valence-electron chi connectivity index (χ2n) is 7.36. The van der Waals surface area contributed by atoms with Crippen LogP contribution < -0.4 is 16.2 Å². The zero-order chi connectivity index (χ0) is 21.3. The molecule has 3 atom stereocenters. The molecule has 3 aromatic rings. The van der Waals surface area contributed by atoms with Crippen molar-refractivity contribution in [1.29, 1.82) is 0 Å². The number of benzene rings is 1. The summed E-state index contributed by atoms with van der Waals surface area (Å²) < 4.78 is 7.27. The van der Waals surface area contributed by atoms with E-state index in [0.717, 1.165) is 0 Å². The number of aromatic nitrogens is 4. The second-order valence-corrected chi connectivity index (χ2v) is 7.36. The van der Waals surface area contributed by atoms with Crippen LogP contribution in [0.3, 0.4) is 0 Å². The number of fused-ring (bicyclic) bond motifs is 1. The largest absolute Gasteiger partial charge is 0.492 e. The Morgan fingerprint density at radius 1 is 1.27 bits per heavy atom. The van der Waals surface area contributed by atoms with Gasteiger partial charge in [0.25, 0.3) is 5.91 Å². The van der Waals surface area contributed by atoms with Crippen molar-refractivity contribution in [2.45, 2.75) is 31.0 Å². The molecule has 10 nitrogen and oxygen atoms in total. The minimum atomic E-state index is -0.764. The van der Waals surface area contributed by atoms with E-state index in [1.165, 1.54) is 6.33 Å². The maximum absolute atomic E-state index is 13.0. The number of aliphatic hydroxyl groups excluding tert-OH is 1. The van der Waals surface area contributed by atoms with E-state index < -0.39 is 6.10 Å². The van der Waals surface area contributed by atoms with Crippen LogP contribution in [0.4, 0.5) is 5.82 Å². The summed E-state index contributed by atoms with van der Waals surface area (Å²) in [6.07, 6.45) is 3.58. The van der Waals surface area contributed by atoms with Crippen LogP contribution in [-0.4, -0.2) is 67.8 Å². The molecule has 1 amide bonds. The maximum atomic E-state index is 13.0. The van der Waals surface area contributed by atoms with Gasteiger partial charge in [0.15, 0.2) is 11.5 Å². The molecular weight excluding hydrogens is 386 g/mol. The van der Waals surface area contributed by atoms with Crippen LogP contribution >= 0.6 is 0 Å². The highest BCUT2D eigenvalue weighted by Crippen LogP contribution is 2.35. The molecule has 2 heterocycles. The van der Waals surface area contributed by atoms with Crippen molar-refractivity contribution in [1.82, 2.24) is 24.4 Å². The summed E-state index contributed by atoms with van der Waals surface area (Å²) in [6.45, 7) is 0.845. The summed E-state index contributed by atoms with van der Waals surface area (Å²) in [6, 6.07) is 6.33. The van der Waals surface area contributed by atoms with E-state index in [9.17, 15) is 9.90 Å². The summed E-state index contributed by atoms with van der Waals surface area (Å²) in [5, 5.41) is 11.0. The topological polar surface area (TPSA) is 145 Å². The summed E-state index contributed by atoms with van der Waals surface area (Å²) >= 11 is 0. The molecule has 10 heteroatoms. The SMILES string of the molecule is CN(C(=O)c1ccc(OCCN)cc1)[C@H]1CC[C@H](n2cnc3c(N)ncnc32)[C@H]1O. The second kappa shape index (κ2) is 8.25. The van der Waals surface area contributed by atoms with Crippen molar-refractivity contribution >= 4 is 22.9 Å². The third kappa shape index (κ3) is 3.55. The van der Waals surface area contributed by atoms with Gasteiger partial charge >= 0.3 is 0 Å². The number of nitrogens with zero attached hydrogens (tertiary/aromatic N) is 5. The fourth-order valence-electron chi connectivity index (χ4n) is 4.00. The fourth-order valence-corrected chi connectivity index (χ4v) is 4.00. The number of nitrogens with two attached hydrogens (primary N) is 2. The highest BCUT2D eigenvalue weighted by molar-refractivity contribution is 5.94. The molecule has 1 aliphatic rings. The Morgan fingerprint density at radius 3 is 2.77 bits per heavy atom. The van der Waals surface area contributed by atoms with E-state index in [1.54, 1.807) is 42.5 Å². The molecule has 4 rings (SSSR count). The van der Waals surface area contributed by atoms with Gasteiger partial charge in [-0.15, -0.1) is 0 Å². The van der Waals surface area contributed by atoms with Gasteiger partial charge in [0.1, 0.15) is 24.2 Å². The van der Waals surface area contributed by atoms with Crippen LogP contribution in [0.2, 0.25) is 0 Å². The Bertz CT molecular complexity index is 1040. The molecule has 0 spiro atoms. The molecule has 1 aromatic carbocycles. The van der Waals surface area contributed by atoms with Crippen molar-refractivity contribution in [3.05, 3.63) is 42.5 Å². The van der Waals surface area contributed by atoms with E-state index in [-0.39, 0.29) is 18.0 Å². The first-order chi connectivity index (χ1) is 14.5. The lowest BCUT2D eigenvalue weighted by atomic mass is 10.1. The van der Waals surface area contributed by atoms with Gasteiger partial charge in [-0.1, -0.05) is 0 Å². The fraction of sp³-hybridized carbons (Fsp3) is 0.400. The maximum Gasteiger partial charge on any atom is 0.253 e. The van der Waals surface area contributed by atoms with Gasteiger partial charge in [-0.05, 0) is 37.1 Å². The van der Waals surface area contributed by atoms with Gasteiger partial charge in [0.05, 0.1) is 24.5 Å². The first-order valence-corrected chi connectivity index (χ1v) is 9.82. The molecule has 158 valence electrons. The Labute approximate surface area is 173 Å². The van der Waals surface area contributed by atoms with Crippen LogP contribution in [0, 0.1) is 0 Å². The van der Waals surface area contributed by atoms with Gasteiger partial charge < -0.3 is 30.8 Å². The number of amides is 1. The number of carbonyl (C=O) groups excluding carboxylic acids is 1. The minimum Gasteiger partial charge on any atom is -0.492 e. The predicted molar refractivity (Wildman–Crippen MR) is 111 cm³/mol. The standard InChI is InChI=1S/C20H25N7O3/c1-26(20(29)12-2-4-13(5-3-12)30-9-8-21)14-6-7-15(17(14)28)27-11-25-16-18(22)23-10-24-19(16)27/h2-5,10-11,14-15,17,28H,6-9,21H2,1H3,(H2,22,23,24)/t14-,15-,17-/m0/s1. The minimum absolute atomic E-state index is 0.160. The molecule has 0 aliphatic heterocycles. The van der Waals surface area contributed by atoms with E-state index in [4.69, 9.17) is 16.2 Å².